The number of rotatable bonds is 9. The number of aromatic nitrogens is 3. The highest BCUT2D eigenvalue weighted by Crippen LogP contribution is 2.16. The molecule has 0 saturated heterocycles. The number of carbonyl (C=O) groups excluding carboxylic acids is 1. The van der Waals surface area contributed by atoms with Gasteiger partial charge in [0.1, 0.15) is 6.33 Å². The van der Waals surface area contributed by atoms with Gasteiger partial charge >= 0.3 is 0 Å². The summed E-state index contributed by atoms with van der Waals surface area (Å²) in [5.74, 6) is 0.258. The molecule has 6 nitrogen and oxygen atoms in total. The maximum Gasteiger partial charge on any atom is 0.234 e. The van der Waals surface area contributed by atoms with Gasteiger partial charge in [0, 0.05) is 25.9 Å². The molecule has 23 heavy (non-hydrogen) atoms. The summed E-state index contributed by atoms with van der Waals surface area (Å²) in [6, 6.07) is 7.89. The van der Waals surface area contributed by atoms with Gasteiger partial charge in [-0.1, -0.05) is 30.8 Å². The van der Waals surface area contributed by atoms with E-state index in [-0.39, 0.29) is 5.91 Å². The summed E-state index contributed by atoms with van der Waals surface area (Å²) in [4.78, 5) is 12.1. The topological polar surface area (TPSA) is 69.0 Å². The molecule has 0 radical (unpaired) electrons. The molecule has 7 heteroatoms. The Morgan fingerprint density at radius 2 is 2.30 bits per heavy atom. The number of carbonyl (C=O) groups is 1. The van der Waals surface area contributed by atoms with Crippen molar-refractivity contribution in [3.05, 3.63) is 36.2 Å². The molecule has 0 unspecified atom stereocenters. The summed E-state index contributed by atoms with van der Waals surface area (Å²) in [6.07, 6.45) is 3.52. The van der Waals surface area contributed by atoms with Gasteiger partial charge in [-0.05, 0) is 30.5 Å². The van der Waals surface area contributed by atoms with Crippen molar-refractivity contribution in [1.29, 1.82) is 0 Å². The Balaban J connectivity index is 1.83. The van der Waals surface area contributed by atoms with Crippen LogP contribution in [0.3, 0.4) is 0 Å². The molecule has 1 aromatic heterocycles. The second-order valence-electron chi connectivity index (χ2n) is 5.04. The van der Waals surface area contributed by atoms with Crippen LogP contribution in [0.25, 0.3) is 0 Å². The average molecular weight is 334 g/mol. The lowest BCUT2D eigenvalue weighted by Gasteiger charge is -2.07. The average Bonchev–Trinajstić information content (AvgIpc) is 3.01. The summed E-state index contributed by atoms with van der Waals surface area (Å²) in [5.41, 5.74) is 2.03. The van der Waals surface area contributed by atoms with Gasteiger partial charge in [0.2, 0.25) is 5.91 Å². The van der Waals surface area contributed by atoms with E-state index in [1.165, 1.54) is 17.3 Å². The number of amides is 1. The van der Waals surface area contributed by atoms with E-state index in [9.17, 15) is 4.79 Å². The molecule has 0 aliphatic heterocycles. The van der Waals surface area contributed by atoms with E-state index in [0.717, 1.165) is 30.2 Å². The molecule has 2 rings (SSSR count). The molecule has 0 bridgehead atoms. The first kappa shape index (κ1) is 17.5. The zero-order valence-corrected chi connectivity index (χ0v) is 14.3. The fourth-order valence-electron chi connectivity index (χ4n) is 2.08. The second kappa shape index (κ2) is 9.32. The normalized spacial score (nSPS) is 10.7. The Labute approximate surface area is 140 Å². The molecule has 0 aliphatic carbocycles. The number of aryl methyl sites for hydroxylation is 2. The van der Waals surface area contributed by atoms with Crippen molar-refractivity contribution in [2.75, 3.05) is 24.8 Å². The first-order valence-corrected chi connectivity index (χ1v) is 8.59. The third kappa shape index (κ3) is 5.69. The minimum Gasteiger partial charge on any atom is -0.385 e. The van der Waals surface area contributed by atoms with Gasteiger partial charge in [-0.25, -0.2) is 0 Å². The number of hydrogen-bond donors (Lipinski definition) is 1. The van der Waals surface area contributed by atoms with Crippen molar-refractivity contribution in [3.8, 4) is 0 Å². The second-order valence-corrected chi connectivity index (χ2v) is 5.99. The van der Waals surface area contributed by atoms with Gasteiger partial charge in [-0.2, -0.15) is 0 Å². The van der Waals surface area contributed by atoms with Crippen LogP contribution in [0, 0.1) is 0 Å². The molecular formula is C16H22N4O2S. The first-order chi connectivity index (χ1) is 11.2. The number of nitrogens with zero attached hydrogens (tertiary/aromatic N) is 3. The molecular weight excluding hydrogens is 312 g/mol. The number of thioether (sulfide) groups is 1. The van der Waals surface area contributed by atoms with Crippen molar-refractivity contribution in [2.24, 2.45) is 0 Å². The van der Waals surface area contributed by atoms with Crippen LogP contribution >= 0.6 is 11.8 Å². The van der Waals surface area contributed by atoms with Crippen molar-refractivity contribution in [3.63, 3.8) is 0 Å². The van der Waals surface area contributed by atoms with Crippen molar-refractivity contribution in [1.82, 2.24) is 14.8 Å². The maximum absolute atomic E-state index is 12.1. The van der Waals surface area contributed by atoms with Crippen molar-refractivity contribution < 1.29 is 9.53 Å². The Kier molecular flexibility index (Phi) is 7.09. The Morgan fingerprint density at radius 3 is 3.09 bits per heavy atom. The smallest absolute Gasteiger partial charge is 0.234 e. The summed E-state index contributed by atoms with van der Waals surface area (Å²) in [7, 11) is 1.68. The standard InChI is InChI=1S/C16H22N4O2S/c1-3-13-6-4-7-14(10-13)18-15(21)11-23-16-19-17-12-20(16)8-5-9-22-2/h4,6-7,10,12H,3,5,8-9,11H2,1-2H3,(H,18,21). The SMILES string of the molecule is CCc1cccc(NC(=O)CSc2nncn2CCCOC)c1. The fraction of sp³-hybridized carbons (Fsp3) is 0.438. The molecule has 1 heterocycles. The predicted octanol–water partition coefficient (Wildman–Crippen LogP) is 2.61. The van der Waals surface area contributed by atoms with Gasteiger partial charge in [-0.15, -0.1) is 10.2 Å². The maximum atomic E-state index is 12.1. The van der Waals surface area contributed by atoms with Crippen LogP contribution in [0.1, 0.15) is 18.9 Å². The Morgan fingerprint density at radius 1 is 1.43 bits per heavy atom. The highest BCUT2D eigenvalue weighted by Gasteiger charge is 2.09. The van der Waals surface area contributed by atoms with E-state index in [2.05, 4.69) is 22.4 Å². The predicted molar refractivity (Wildman–Crippen MR) is 91.7 cm³/mol. The number of nitrogens with one attached hydrogen (secondary N) is 1. The molecule has 0 atom stereocenters. The summed E-state index contributed by atoms with van der Waals surface area (Å²) >= 11 is 1.39. The Hall–Kier alpha value is -1.86. The number of benzene rings is 1. The van der Waals surface area contributed by atoms with E-state index in [1.807, 2.05) is 28.8 Å². The lowest BCUT2D eigenvalue weighted by atomic mass is 10.1. The van der Waals surface area contributed by atoms with E-state index in [4.69, 9.17) is 4.74 Å². The zero-order chi connectivity index (χ0) is 16.5. The van der Waals surface area contributed by atoms with Crippen LogP contribution in [-0.2, 0) is 22.5 Å². The van der Waals surface area contributed by atoms with Crippen LogP contribution in [-0.4, -0.2) is 40.1 Å². The molecule has 0 aliphatic rings. The zero-order valence-electron chi connectivity index (χ0n) is 13.5. The third-order valence-corrected chi connectivity index (χ3v) is 4.26. The van der Waals surface area contributed by atoms with E-state index < -0.39 is 0 Å². The fourth-order valence-corrected chi connectivity index (χ4v) is 2.83. The van der Waals surface area contributed by atoms with Gasteiger partial charge in [0.05, 0.1) is 5.75 Å². The number of anilines is 1. The van der Waals surface area contributed by atoms with Crippen LogP contribution in [0.2, 0.25) is 0 Å². The van der Waals surface area contributed by atoms with Crippen LogP contribution in [0.15, 0.2) is 35.7 Å². The summed E-state index contributed by atoms with van der Waals surface area (Å²) < 4.78 is 6.98. The number of hydrogen-bond acceptors (Lipinski definition) is 5. The summed E-state index contributed by atoms with van der Waals surface area (Å²) in [6.45, 7) is 3.56. The van der Waals surface area contributed by atoms with Gasteiger partial charge in [-0.3, -0.25) is 4.79 Å². The molecule has 124 valence electrons. The monoisotopic (exact) mass is 334 g/mol. The highest BCUT2D eigenvalue weighted by molar-refractivity contribution is 7.99. The van der Waals surface area contributed by atoms with Gasteiger partial charge in [0.25, 0.3) is 0 Å². The third-order valence-electron chi connectivity index (χ3n) is 3.28. The first-order valence-electron chi connectivity index (χ1n) is 7.61. The lowest BCUT2D eigenvalue weighted by Crippen LogP contribution is -2.14. The quantitative estimate of drug-likeness (QED) is 0.564. The molecule has 1 N–H and O–H groups in total. The van der Waals surface area contributed by atoms with E-state index in [0.29, 0.717) is 12.4 Å². The molecule has 0 spiro atoms. The van der Waals surface area contributed by atoms with Crippen LogP contribution in [0.5, 0.6) is 0 Å². The Bertz CT molecular complexity index is 630. The molecule has 0 saturated carbocycles. The van der Waals surface area contributed by atoms with Crippen LogP contribution < -0.4 is 5.32 Å². The van der Waals surface area contributed by atoms with Gasteiger partial charge in [0.15, 0.2) is 5.16 Å². The summed E-state index contributed by atoms with van der Waals surface area (Å²) in [5, 5.41) is 11.6. The minimum atomic E-state index is -0.0466. The highest BCUT2D eigenvalue weighted by atomic mass is 32.2. The largest absolute Gasteiger partial charge is 0.385 e. The molecule has 0 fully saturated rings. The van der Waals surface area contributed by atoms with E-state index >= 15 is 0 Å². The van der Waals surface area contributed by atoms with Crippen molar-refractivity contribution >= 4 is 23.4 Å². The molecule has 1 aromatic carbocycles. The van der Waals surface area contributed by atoms with Crippen molar-refractivity contribution in [2.45, 2.75) is 31.5 Å². The van der Waals surface area contributed by atoms with E-state index in [1.54, 1.807) is 13.4 Å². The van der Waals surface area contributed by atoms with Crippen LogP contribution in [0.4, 0.5) is 5.69 Å². The lowest BCUT2D eigenvalue weighted by molar-refractivity contribution is -0.113. The van der Waals surface area contributed by atoms with Gasteiger partial charge < -0.3 is 14.6 Å². The number of ether oxygens (including phenoxy) is 1. The minimum absolute atomic E-state index is 0.0466. The molecule has 1 amide bonds. The number of methoxy groups -OCH3 is 1. The molecule has 2 aromatic rings.